The van der Waals surface area contributed by atoms with Gasteiger partial charge in [0.25, 0.3) is 0 Å². The number of rotatable bonds is 85. The molecule has 0 saturated heterocycles. The Morgan fingerprint density at radius 2 is 0.434 bits per heavy atom. The number of unbranched alkanes of at least 4 members (excludes halogenated alkanes) is 53. The van der Waals surface area contributed by atoms with Gasteiger partial charge in [0.1, 0.15) is 19.3 Å². The van der Waals surface area contributed by atoms with Gasteiger partial charge in [-0.15, -0.1) is 0 Å². The van der Waals surface area contributed by atoms with Crippen LogP contribution in [0.1, 0.15) is 459 Å². The summed E-state index contributed by atoms with van der Waals surface area (Å²) in [4.78, 5) is 73.2. The molecular weight excluding hydrogens is 1380 g/mol. The van der Waals surface area contributed by atoms with E-state index in [1.54, 1.807) is 0 Å². The van der Waals surface area contributed by atoms with Crippen LogP contribution in [-0.2, 0) is 65.4 Å². The molecule has 0 bridgehead atoms. The minimum Gasteiger partial charge on any atom is -0.462 e. The Morgan fingerprint density at radius 1 is 0.255 bits per heavy atom. The second kappa shape index (κ2) is 77.0. The molecule has 630 valence electrons. The van der Waals surface area contributed by atoms with Crippen LogP contribution in [0.25, 0.3) is 0 Å². The molecule has 0 amide bonds. The molecule has 0 aliphatic heterocycles. The topological polar surface area (TPSA) is 237 Å². The molecule has 106 heavy (non-hydrogen) atoms. The molecule has 0 heterocycles. The largest absolute Gasteiger partial charge is 0.472 e. The van der Waals surface area contributed by atoms with Gasteiger partial charge in [0.15, 0.2) is 12.2 Å². The lowest BCUT2D eigenvalue weighted by molar-refractivity contribution is -0.161. The summed E-state index contributed by atoms with van der Waals surface area (Å²) in [7, 11) is -9.93. The molecule has 0 aromatic carbocycles. The Hall–Kier alpha value is -1.94. The van der Waals surface area contributed by atoms with E-state index in [9.17, 15) is 43.2 Å². The zero-order chi connectivity index (χ0) is 77.9. The van der Waals surface area contributed by atoms with E-state index >= 15 is 0 Å². The summed E-state index contributed by atoms with van der Waals surface area (Å²) in [6.45, 7) is 12.0. The van der Waals surface area contributed by atoms with Crippen LogP contribution in [0.4, 0.5) is 0 Å². The molecule has 0 spiro atoms. The highest BCUT2D eigenvalue weighted by molar-refractivity contribution is 7.47. The van der Waals surface area contributed by atoms with Crippen LogP contribution in [0.2, 0.25) is 0 Å². The van der Waals surface area contributed by atoms with Crippen molar-refractivity contribution in [1.29, 1.82) is 0 Å². The van der Waals surface area contributed by atoms with Crippen LogP contribution in [0, 0.1) is 17.8 Å². The van der Waals surface area contributed by atoms with Gasteiger partial charge in [-0.3, -0.25) is 37.3 Å². The summed E-state index contributed by atoms with van der Waals surface area (Å²) >= 11 is 0. The van der Waals surface area contributed by atoms with Gasteiger partial charge < -0.3 is 33.8 Å². The van der Waals surface area contributed by atoms with Crippen molar-refractivity contribution < 1.29 is 80.2 Å². The summed E-state index contributed by atoms with van der Waals surface area (Å²) in [5.74, 6) is 0.276. The van der Waals surface area contributed by atoms with Crippen molar-refractivity contribution in [2.45, 2.75) is 478 Å². The fourth-order valence-corrected chi connectivity index (χ4v) is 15.1. The van der Waals surface area contributed by atoms with Crippen LogP contribution >= 0.6 is 15.6 Å². The summed E-state index contributed by atoms with van der Waals surface area (Å²) in [6.07, 6.45) is 68.1. The molecule has 0 aliphatic rings. The van der Waals surface area contributed by atoms with Gasteiger partial charge in [0, 0.05) is 25.7 Å². The summed E-state index contributed by atoms with van der Waals surface area (Å²) in [6, 6.07) is 0. The van der Waals surface area contributed by atoms with Crippen molar-refractivity contribution in [3.63, 3.8) is 0 Å². The van der Waals surface area contributed by atoms with Gasteiger partial charge in [-0.1, -0.05) is 408 Å². The molecule has 17 nitrogen and oxygen atoms in total. The maximum absolute atomic E-state index is 13.2. The third-order valence-electron chi connectivity index (χ3n) is 20.4. The number of carbonyl (C=O) groups is 4. The first-order valence-electron chi connectivity index (χ1n) is 44.8. The number of phosphoric acid groups is 2. The molecular formula is C87H170O17P2. The fraction of sp³-hybridized carbons (Fsp3) is 0.954. The van der Waals surface area contributed by atoms with Gasteiger partial charge in [-0.2, -0.15) is 0 Å². The highest BCUT2D eigenvalue weighted by Crippen LogP contribution is 2.45. The molecule has 0 saturated carbocycles. The lowest BCUT2D eigenvalue weighted by atomic mass is 10.0. The Bertz CT molecular complexity index is 2040. The molecule has 0 radical (unpaired) electrons. The second-order valence-electron chi connectivity index (χ2n) is 32.7. The number of aliphatic hydroxyl groups excluding tert-OH is 1. The van der Waals surface area contributed by atoms with Crippen molar-refractivity contribution in [1.82, 2.24) is 0 Å². The first-order chi connectivity index (χ1) is 51.2. The fourth-order valence-electron chi connectivity index (χ4n) is 13.5. The summed E-state index contributed by atoms with van der Waals surface area (Å²) in [5.41, 5.74) is 0. The molecule has 0 aromatic heterocycles. The number of hydrogen-bond donors (Lipinski definition) is 3. The second-order valence-corrected chi connectivity index (χ2v) is 35.6. The highest BCUT2D eigenvalue weighted by Gasteiger charge is 2.30. The minimum absolute atomic E-state index is 0.106. The third-order valence-corrected chi connectivity index (χ3v) is 22.3. The Balaban J connectivity index is 5.22. The lowest BCUT2D eigenvalue weighted by Crippen LogP contribution is -2.30. The normalized spacial score (nSPS) is 13.9. The van der Waals surface area contributed by atoms with Crippen molar-refractivity contribution in [3.05, 3.63) is 0 Å². The molecule has 0 aromatic rings. The van der Waals surface area contributed by atoms with E-state index in [0.717, 1.165) is 108 Å². The molecule has 0 aliphatic carbocycles. The van der Waals surface area contributed by atoms with Crippen LogP contribution in [0.3, 0.4) is 0 Å². The Labute approximate surface area is 651 Å². The van der Waals surface area contributed by atoms with E-state index in [2.05, 4.69) is 48.5 Å². The number of aliphatic hydroxyl groups is 1. The number of esters is 4. The number of hydrogen-bond acceptors (Lipinski definition) is 15. The predicted molar refractivity (Wildman–Crippen MR) is 437 cm³/mol. The Morgan fingerprint density at radius 3 is 0.642 bits per heavy atom. The molecule has 2 unspecified atom stereocenters. The van der Waals surface area contributed by atoms with E-state index in [1.165, 1.54) is 270 Å². The first-order valence-corrected chi connectivity index (χ1v) is 47.8. The molecule has 0 fully saturated rings. The zero-order valence-corrected chi connectivity index (χ0v) is 71.7. The number of ether oxygens (including phenoxy) is 4. The molecule has 0 rings (SSSR count). The van der Waals surface area contributed by atoms with Gasteiger partial charge in [0.05, 0.1) is 26.4 Å². The molecule has 3 N–H and O–H groups in total. The van der Waals surface area contributed by atoms with Crippen LogP contribution < -0.4 is 0 Å². The van der Waals surface area contributed by atoms with Gasteiger partial charge in [-0.05, 0) is 43.4 Å². The number of carbonyl (C=O) groups excluding carboxylic acids is 4. The van der Waals surface area contributed by atoms with Crippen molar-refractivity contribution in [2.24, 2.45) is 17.8 Å². The highest BCUT2D eigenvalue weighted by atomic mass is 31.2. The molecule has 19 heteroatoms. The predicted octanol–water partition coefficient (Wildman–Crippen LogP) is 26.5. The lowest BCUT2D eigenvalue weighted by Gasteiger charge is -2.21. The molecule has 5 atom stereocenters. The van der Waals surface area contributed by atoms with E-state index in [0.29, 0.717) is 25.7 Å². The van der Waals surface area contributed by atoms with Crippen molar-refractivity contribution in [3.8, 4) is 0 Å². The minimum atomic E-state index is -4.97. The smallest absolute Gasteiger partial charge is 0.462 e. The summed E-state index contributed by atoms with van der Waals surface area (Å²) < 4.78 is 68.9. The van der Waals surface area contributed by atoms with Crippen LogP contribution in [-0.4, -0.2) is 96.7 Å². The third kappa shape index (κ3) is 80.1. The van der Waals surface area contributed by atoms with Crippen LogP contribution in [0.15, 0.2) is 0 Å². The first kappa shape index (κ1) is 104. The maximum atomic E-state index is 13.2. The van der Waals surface area contributed by atoms with E-state index in [1.807, 2.05) is 0 Å². The van der Waals surface area contributed by atoms with E-state index < -0.39 is 97.5 Å². The van der Waals surface area contributed by atoms with E-state index in [4.69, 9.17) is 37.0 Å². The average Bonchev–Trinajstić information content (AvgIpc) is 0.900. The van der Waals surface area contributed by atoms with Gasteiger partial charge >= 0.3 is 39.5 Å². The number of phosphoric ester groups is 2. The standard InChI is InChI=1S/C87H170O17P2/c1-8-9-10-11-12-13-14-33-40-47-54-61-68-84(89)97-75-83(104-87(92)71-64-57-50-43-36-39-46-53-60-67-80(6)7)77-102-106(95,96)100-73-81(88)72-99-105(93,94)101-76-82(103-86(91)70-63-56-49-42-35-30-26-22-18-16-20-24-28-32-38-45-52-59-66-79(4)5)74-98-85(90)69-62-55-48-41-34-29-25-21-17-15-19-23-27-31-37-44-51-58-65-78(2)3/h78-83,88H,8-77H2,1-7H3,(H,93,94)(H,95,96)/t81-,82-,83-/m1/s1. The summed E-state index contributed by atoms with van der Waals surface area (Å²) in [5, 5.41) is 10.7. The van der Waals surface area contributed by atoms with Gasteiger partial charge in [0.2, 0.25) is 0 Å². The van der Waals surface area contributed by atoms with Crippen molar-refractivity contribution in [2.75, 3.05) is 39.6 Å². The SMILES string of the molecule is CCCCCCCCCCCCCCC(=O)OC[C@H](COP(=O)(O)OC[C@H](O)COP(=O)(O)OC[C@@H](COC(=O)CCCCCCCCCCCCCCCCCCCCC(C)C)OC(=O)CCCCCCCCCCCCCCCCCCCCC(C)C)OC(=O)CCCCCCCCCCCC(C)C. The van der Waals surface area contributed by atoms with Gasteiger partial charge in [-0.25, -0.2) is 9.13 Å². The monoisotopic (exact) mass is 1550 g/mol. The van der Waals surface area contributed by atoms with Crippen molar-refractivity contribution >= 4 is 39.5 Å². The van der Waals surface area contributed by atoms with E-state index in [-0.39, 0.29) is 25.7 Å². The quantitative estimate of drug-likeness (QED) is 0.0222. The zero-order valence-electron chi connectivity index (χ0n) is 69.9. The maximum Gasteiger partial charge on any atom is 0.472 e. The Kier molecular flexibility index (Phi) is 75.6. The average molecular weight is 1550 g/mol. The van der Waals surface area contributed by atoms with Crippen LogP contribution in [0.5, 0.6) is 0 Å².